The van der Waals surface area contributed by atoms with E-state index in [4.69, 9.17) is 10.5 Å². The number of nitrogen functional groups attached to an aromatic ring is 1. The lowest BCUT2D eigenvalue weighted by atomic mass is 10.1. The van der Waals surface area contributed by atoms with Crippen LogP contribution in [0.5, 0.6) is 5.75 Å². The van der Waals surface area contributed by atoms with Crippen LogP contribution in [0.1, 0.15) is 30.9 Å². The van der Waals surface area contributed by atoms with Gasteiger partial charge in [-0.25, -0.2) is 4.79 Å². The number of para-hydroxylation sites is 2. The van der Waals surface area contributed by atoms with Gasteiger partial charge in [0.05, 0.1) is 25.0 Å². The molecule has 3 N–H and O–H groups in total. The molecule has 3 aromatic rings. The SMILES string of the molecule is CCCCn1c(N)c(N(Cc2ccccc2OC)C(=O)Cc2ccccc2[N+](=O)[O-])c(=O)[nH]c1=O. The third-order valence-corrected chi connectivity index (χ3v) is 5.57. The van der Waals surface area contributed by atoms with Crippen LogP contribution >= 0.6 is 0 Å². The topological polar surface area (TPSA) is 154 Å². The van der Waals surface area contributed by atoms with Crippen molar-refractivity contribution in [1.29, 1.82) is 0 Å². The third kappa shape index (κ3) is 5.57. The quantitative estimate of drug-likeness (QED) is 0.333. The number of aromatic amines is 1. The van der Waals surface area contributed by atoms with Gasteiger partial charge in [-0.2, -0.15) is 0 Å². The molecule has 11 heteroatoms. The number of hydrogen-bond donors (Lipinski definition) is 2. The molecular formula is C24H27N5O6. The van der Waals surface area contributed by atoms with Crippen LogP contribution in [-0.2, 0) is 24.3 Å². The summed E-state index contributed by atoms with van der Waals surface area (Å²) in [7, 11) is 1.48. The van der Waals surface area contributed by atoms with Gasteiger partial charge in [-0.3, -0.25) is 34.2 Å². The van der Waals surface area contributed by atoms with Crippen LogP contribution in [0.25, 0.3) is 0 Å². The second kappa shape index (κ2) is 11.1. The number of nitro benzene ring substituents is 1. The number of nitro groups is 1. The van der Waals surface area contributed by atoms with E-state index < -0.39 is 22.1 Å². The van der Waals surface area contributed by atoms with Crippen LogP contribution in [0.4, 0.5) is 17.2 Å². The zero-order valence-corrected chi connectivity index (χ0v) is 19.5. The Labute approximate surface area is 200 Å². The fraction of sp³-hybridized carbons (Fsp3) is 0.292. The van der Waals surface area contributed by atoms with E-state index in [0.29, 0.717) is 17.7 Å². The Morgan fingerprint density at radius 2 is 1.80 bits per heavy atom. The molecule has 1 heterocycles. The number of ether oxygens (including phenoxy) is 1. The van der Waals surface area contributed by atoms with Crippen molar-refractivity contribution in [3.8, 4) is 5.75 Å². The van der Waals surface area contributed by atoms with Gasteiger partial charge in [0.15, 0.2) is 5.69 Å². The molecular weight excluding hydrogens is 454 g/mol. The summed E-state index contributed by atoms with van der Waals surface area (Å²) in [6, 6.07) is 12.8. The molecule has 0 fully saturated rings. The van der Waals surface area contributed by atoms with Gasteiger partial charge < -0.3 is 10.5 Å². The van der Waals surface area contributed by atoms with Gasteiger partial charge in [-0.15, -0.1) is 0 Å². The Morgan fingerprint density at radius 1 is 1.14 bits per heavy atom. The molecule has 0 spiro atoms. The lowest BCUT2D eigenvalue weighted by Crippen LogP contribution is -2.41. The number of carbonyl (C=O) groups is 1. The molecule has 0 radical (unpaired) electrons. The number of nitrogens with one attached hydrogen (secondary N) is 1. The van der Waals surface area contributed by atoms with Crippen molar-refractivity contribution < 1.29 is 14.5 Å². The Kier molecular flexibility index (Phi) is 8.03. The Hall–Kier alpha value is -4.41. The summed E-state index contributed by atoms with van der Waals surface area (Å²) in [4.78, 5) is 53.2. The summed E-state index contributed by atoms with van der Waals surface area (Å²) in [5, 5.41) is 11.5. The number of H-pyrrole nitrogens is 1. The van der Waals surface area contributed by atoms with Crippen LogP contribution in [0.2, 0.25) is 0 Å². The Bertz CT molecular complexity index is 1350. The van der Waals surface area contributed by atoms with Crippen molar-refractivity contribution in [3.05, 3.63) is 90.6 Å². The monoisotopic (exact) mass is 481 g/mol. The van der Waals surface area contributed by atoms with E-state index in [2.05, 4.69) is 4.98 Å². The molecule has 184 valence electrons. The van der Waals surface area contributed by atoms with E-state index in [0.717, 1.165) is 11.3 Å². The smallest absolute Gasteiger partial charge is 0.330 e. The number of aromatic nitrogens is 2. The number of amides is 1. The summed E-state index contributed by atoms with van der Waals surface area (Å²) in [6.45, 7) is 2.09. The highest BCUT2D eigenvalue weighted by Gasteiger charge is 2.27. The summed E-state index contributed by atoms with van der Waals surface area (Å²) < 4.78 is 6.60. The second-order valence-corrected chi connectivity index (χ2v) is 7.85. The van der Waals surface area contributed by atoms with Gasteiger partial charge in [-0.05, 0) is 12.5 Å². The van der Waals surface area contributed by atoms with E-state index in [1.54, 1.807) is 30.3 Å². The highest BCUT2D eigenvalue weighted by Crippen LogP contribution is 2.26. The highest BCUT2D eigenvalue weighted by molar-refractivity contribution is 5.97. The number of anilines is 2. The maximum Gasteiger partial charge on any atom is 0.330 e. The van der Waals surface area contributed by atoms with Crippen molar-refractivity contribution >= 4 is 23.1 Å². The Balaban J connectivity index is 2.14. The molecule has 1 aromatic heterocycles. The number of rotatable bonds is 10. The lowest BCUT2D eigenvalue weighted by Gasteiger charge is -2.25. The zero-order chi connectivity index (χ0) is 25.5. The Morgan fingerprint density at radius 3 is 2.46 bits per heavy atom. The molecule has 0 aliphatic rings. The maximum absolute atomic E-state index is 13.6. The highest BCUT2D eigenvalue weighted by atomic mass is 16.6. The maximum atomic E-state index is 13.6. The summed E-state index contributed by atoms with van der Waals surface area (Å²) in [5.41, 5.74) is 5.12. The first-order chi connectivity index (χ1) is 16.8. The fourth-order valence-electron chi connectivity index (χ4n) is 3.77. The third-order valence-electron chi connectivity index (χ3n) is 5.57. The van der Waals surface area contributed by atoms with E-state index in [9.17, 15) is 24.5 Å². The van der Waals surface area contributed by atoms with E-state index >= 15 is 0 Å². The zero-order valence-electron chi connectivity index (χ0n) is 19.5. The van der Waals surface area contributed by atoms with Gasteiger partial charge in [0.25, 0.3) is 11.2 Å². The molecule has 0 saturated heterocycles. The van der Waals surface area contributed by atoms with Gasteiger partial charge >= 0.3 is 5.69 Å². The van der Waals surface area contributed by atoms with Crippen LogP contribution < -0.4 is 26.6 Å². The number of methoxy groups -OCH3 is 1. The molecule has 0 aliphatic heterocycles. The van der Waals surface area contributed by atoms with Crippen molar-refractivity contribution in [3.63, 3.8) is 0 Å². The average Bonchev–Trinajstić information content (AvgIpc) is 2.83. The molecule has 0 bridgehead atoms. The standard InChI is InChI=1S/C24H27N5O6/c1-3-4-13-27-22(25)21(23(31)26-24(27)32)28(15-17-10-6-8-12-19(17)35-2)20(30)14-16-9-5-7-11-18(16)29(33)34/h5-12H,3-4,13-15,25H2,1-2H3,(H,26,31,32). The minimum Gasteiger partial charge on any atom is -0.496 e. The van der Waals surface area contributed by atoms with Crippen LogP contribution in [0, 0.1) is 10.1 Å². The second-order valence-electron chi connectivity index (χ2n) is 7.85. The largest absolute Gasteiger partial charge is 0.496 e. The summed E-state index contributed by atoms with van der Waals surface area (Å²) in [6.07, 6.45) is 1.05. The molecule has 0 atom stereocenters. The molecule has 0 aliphatic carbocycles. The molecule has 1 amide bonds. The van der Waals surface area contributed by atoms with Crippen molar-refractivity contribution in [1.82, 2.24) is 9.55 Å². The van der Waals surface area contributed by atoms with Gasteiger partial charge in [0.1, 0.15) is 11.6 Å². The normalized spacial score (nSPS) is 10.7. The minimum atomic E-state index is -0.828. The fourth-order valence-corrected chi connectivity index (χ4v) is 3.77. The molecule has 0 saturated carbocycles. The summed E-state index contributed by atoms with van der Waals surface area (Å²) in [5.74, 6) is -0.286. The lowest BCUT2D eigenvalue weighted by molar-refractivity contribution is -0.385. The predicted molar refractivity (Wildman–Crippen MR) is 132 cm³/mol. The number of nitrogens with zero attached hydrogens (tertiary/aromatic N) is 3. The molecule has 11 nitrogen and oxygen atoms in total. The van der Waals surface area contributed by atoms with Crippen LogP contribution in [0.15, 0.2) is 58.1 Å². The van der Waals surface area contributed by atoms with Gasteiger partial charge in [0.2, 0.25) is 5.91 Å². The predicted octanol–water partition coefficient (Wildman–Crippen LogP) is 2.61. The first kappa shape index (κ1) is 25.2. The average molecular weight is 482 g/mol. The first-order valence-electron chi connectivity index (χ1n) is 11.1. The van der Waals surface area contributed by atoms with Crippen LogP contribution in [0.3, 0.4) is 0 Å². The molecule has 0 unspecified atom stereocenters. The number of unbranched alkanes of at least 4 members (excludes halogenated alkanes) is 1. The van der Waals surface area contributed by atoms with E-state index in [-0.39, 0.29) is 42.3 Å². The first-order valence-corrected chi connectivity index (χ1v) is 11.1. The van der Waals surface area contributed by atoms with Crippen molar-refractivity contribution in [2.75, 3.05) is 17.7 Å². The molecule has 2 aromatic carbocycles. The molecule has 3 rings (SSSR count). The number of benzene rings is 2. The van der Waals surface area contributed by atoms with Crippen molar-refractivity contribution in [2.45, 2.75) is 39.3 Å². The van der Waals surface area contributed by atoms with Gasteiger partial charge in [-0.1, -0.05) is 49.7 Å². The number of hydrogen-bond acceptors (Lipinski definition) is 7. The van der Waals surface area contributed by atoms with E-state index in [1.807, 2.05) is 6.92 Å². The summed E-state index contributed by atoms with van der Waals surface area (Å²) >= 11 is 0. The van der Waals surface area contributed by atoms with Crippen molar-refractivity contribution in [2.24, 2.45) is 0 Å². The van der Waals surface area contributed by atoms with Gasteiger partial charge in [0, 0.05) is 23.7 Å². The minimum absolute atomic E-state index is 0.108. The van der Waals surface area contributed by atoms with E-state index in [1.165, 1.54) is 29.9 Å². The number of nitrogens with two attached hydrogens (primary N) is 1. The van der Waals surface area contributed by atoms with Crippen LogP contribution in [-0.4, -0.2) is 27.5 Å². The number of carbonyl (C=O) groups excluding carboxylic acids is 1. The molecule has 35 heavy (non-hydrogen) atoms.